The fourth-order valence-electron chi connectivity index (χ4n) is 2.67. The van der Waals surface area contributed by atoms with Crippen LogP contribution in [0, 0.1) is 25.2 Å². The lowest BCUT2D eigenvalue weighted by Gasteiger charge is -2.20. The van der Waals surface area contributed by atoms with Gasteiger partial charge in [0.2, 0.25) is 0 Å². The molecule has 0 aliphatic rings. The Kier molecular flexibility index (Phi) is 4.66. The maximum atomic E-state index is 12.5. The predicted octanol–water partition coefficient (Wildman–Crippen LogP) is 1.57. The van der Waals surface area contributed by atoms with E-state index in [2.05, 4.69) is 18.1 Å². The van der Waals surface area contributed by atoms with Crippen molar-refractivity contribution in [3.8, 4) is 6.07 Å². The minimum atomic E-state index is -0.332. The van der Waals surface area contributed by atoms with Gasteiger partial charge in [-0.25, -0.2) is 4.98 Å². The Morgan fingerprint density at radius 2 is 2.08 bits per heavy atom. The first-order chi connectivity index (χ1) is 11.9. The van der Waals surface area contributed by atoms with Gasteiger partial charge in [-0.3, -0.25) is 4.79 Å². The molecule has 0 amide bonds. The first kappa shape index (κ1) is 17.3. The van der Waals surface area contributed by atoms with Gasteiger partial charge in [-0.15, -0.1) is 11.3 Å². The standard InChI is InChI=1S/C18H19N5OS/c1-11-12(2)21-23(18(24)14(11)9-19)10-22(4)13(3)17-20-15-7-5-6-8-16(15)25-17/h5-8,13H,10H2,1-4H3/p+1/t13-/m1/s1. The first-order valence-electron chi connectivity index (χ1n) is 8.08. The summed E-state index contributed by atoms with van der Waals surface area (Å²) in [6, 6.07) is 10.2. The van der Waals surface area contributed by atoms with Gasteiger partial charge in [0.1, 0.15) is 17.7 Å². The minimum absolute atomic E-state index is 0.109. The number of hydrogen-bond donors (Lipinski definition) is 1. The minimum Gasteiger partial charge on any atom is -0.311 e. The van der Waals surface area contributed by atoms with E-state index >= 15 is 0 Å². The Hall–Kier alpha value is -2.56. The molecule has 3 aromatic rings. The Labute approximate surface area is 150 Å². The molecule has 2 atom stereocenters. The van der Waals surface area contributed by atoms with Gasteiger partial charge in [-0.05, 0) is 38.5 Å². The number of nitrogens with zero attached hydrogens (tertiary/aromatic N) is 4. The van der Waals surface area contributed by atoms with Gasteiger partial charge in [0.15, 0.2) is 11.7 Å². The number of aryl methyl sites for hydroxylation is 1. The molecular weight excluding hydrogens is 334 g/mol. The highest BCUT2D eigenvalue weighted by atomic mass is 32.1. The number of fused-ring (bicyclic) bond motifs is 1. The molecule has 2 aromatic heterocycles. The van der Waals surface area contributed by atoms with Crippen molar-refractivity contribution in [2.75, 3.05) is 7.05 Å². The molecular formula is C18H20N5OS+. The third-order valence-corrected chi connectivity index (χ3v) is 5.79. The zero-order chi connectivity index (χ0) is 18.1. The summed E-state index contributed by atoms with van der Waals surface area (Å²) in [6.45, 7) is 6.04. The monoisotopic (exact) mass is 354 g/mol. The molecule has 0 saturated carbocycles. The lowest BCUT2D eigenvalue weighted by molar-refractivity contribution is -0.933. The number of rotatable bonds is 4. The number of para-hydroxylation sites is 1. The number of aromatic nitrogens is 3. The van der Waals surface area contributed by atoms with Crippen LogP contribution in [0.25, 0.3) is 10.2 Å². The van der Waals surface area contributed by atoms with E-state index in [9.17, 15) is 10.1 Å². The van der Waals surface area contributed by atoms with Gasteiger partial charge in [-0.1, -0.05) is 12.1 Å². The van der Waals surface area contributed by atoms with Crippen LogP contribution in [0.1, 0.15) is 34.8 Å². The van der Waals surface area contributed by atoms with Crippen molar-refractivity contribution in [3.05, 3.63) is 56.4 Å². The van der Waals surface area contributed by atoms with Crippen LogP contribution in [0.4, 0.5) is 0 Å². The molecule has 3 rings (SSSR count). The quantitative estimate of drug-likeness (QED) is 0.772. The summed E-state index contributed by atoms with van der Waals surface area (Å²) in [5.74, 6) is 0. The van der Waals surface area contributed by atoms with Gasteiger partial charge < -0.3 is 4.90 Å². The molecule has 1 N–H and O–H groups in total. The van der Waals surface area contributed by atoms with E-state index in [1.165, 1.54) is 4.68 Å². The lowest BCUT2D eigenvalue weighted by Crippen LogP contribution is -3.08. The van der Waals surface area contributed by atoms with Gasteiger partial charge in [0, 0.05) is 0 Å². The number of quaternary nitrogens is 1. The first-order valence-corrected chi connectivity index (χ1v) is 8.90. The molecule has 1 aromatic carbocycles. The predicted molar refractivity (Wildman–Crippen MR) is 97.6 cm³/mol. The summed E-state index contributed by atoms with van der Waals surface area (Å²) >= 11 is 1.67. The lowest BCUT2D eigenvalue weighted by atomic mass is 10.1. The van der Waals surface area contributed by atoms with Crippen LogP contribution in [0.2, 0.25) is 0 Å². The van der Waals surface area contributed by atoms with Crippen LogP contribution in [-0.2, 0) is 6.67 Å². The average Bonchev–Trinajstić information content (AvgIpc) is 3.03. The molecule has 0 radical (unpaired) electrons. The topological polar surface area (TPSA) is 76.0 Å². The maximum Gasteiger partial charge on any atom is 0.289 e. The molecule has 7 heteroatoms. The van der Waals surface area contributed by atoms with Crippen LogP contribution in [0.3, 0.4) is 0 Å². The summed E-state index contributed by atoms with van der Waals surface area (Å²) in [5, 5.41) is 14.6. The van der Waals surface area contributed by atoms with Crippen molar-refractivity contribution >= 4 is 21.6 Å². The second-order valence-corrected chi connectivity index (χ2v) is 7.31. The molecule has 128 valence electrons. The number of hydrogen-bond acceptors (Lipinski definition) is 5. The number of nitrogens with one attached hydrogen (secondary N) is 1. The molecule has 0 aliphatic carbocycles. The molecule has 0 bridgehead atoms. The summed E-state index contributed by atoms with van der Waals surface area (Å²) in [6.07, 6.45) is 0. The van der Waals surface area contributed by atoms with Crippen molar-refractivity contribution in [1.29, 1.82) is 5.26 Å². The van der Waals surface area contributed by atoms with E-state index in [4.69, 9.17) is 4.98 Å². The smallest absolute Gasteiger partial charge is 0.289 e. The average molecular weight is 354 g/mol. The zero-order valence-electron chi connectivity index (χ0n) is 14.7. The van der Waals surface area contributed by atoms with Crippen molar-refractivity contribution in [3.63, 3.8) is 0 Å². The molecule has 25 heavy (non-hydrogen) atoms. The van der Waals surface area contributed by atoms with Gasteiger partial charge >= 0.3 is 0 Å². The SMILES string of the molecule is Cc1nn(C[NH+](C)[C@H](C)c2nc3ccccc3s2)c(=O)c(C#N)c1C. The van der Waals surface area contributed by atoms with Crippen LogP contribution in [-0.4, -0.2) is 21.8 Å². The molecule has 2 heterocycles. The number of thiazole rings is 1. The Morgan fingerprint density at radius 3 is 2.76 bits per heavy atom. The van der Waals surface area contributed by atoms with E-state index in [1.54, 1.807) is 18.3 Å². The van der Waals surface area contributed by atoms with E-state index < -0.39 is 0 Å². The molecule has 6 nitrogen and oxygen atoms in total. The van der Waals surface area contributed by atoms with E-state index in [0.717, 1.165) is 20.1 Å². The van der Waals surface area contributed by atoms with E-state index in [-0.39, 0.29) is 17.2 Å². The fraction of sp³-hybridized carbons (Fsp3) is 0.333. The largest absolute Gasteiger partial charge is 0.311 e. The Balaban J connectivity index is 1.89. The van der Waals surface area contributed by atoms with Gasteiger partial charge in [0.25, 0.3) is 5.56 Å². The zero-order valence-corrected chi connectivity index (χ0v) is 15.5. The van der Waals surface area contributed by atoms with Crippen LogP contribution in [0.15, 0.2) is 29.1 Å². The van der Waals surface area contributed by atoms with Crippen LogP contribution >= 0.6 is 11.3 Å². The van der Waals surface area contributed by atoms with Crippen LogP contribution in [0.5, 0.6) is 0 Å². The maximum absolute atomic E-state index is 12.5. The Bertz CT molecular complexity index is 997. The molecule has 0 aliphatic heterocycles. The van der Waals surface area contributed by atoms with Crippen LogP contribution < -0.4 is 10.5 Å². The van der Waals surface area contributed by atoms with Gasteiger partial charge in [-0.2, -0.15) is 15.0 Å². The Morgan fingerprint density at radius 1 is 1.36 bits per heavy atom. The second kappa shape index (κ2) is 6.75. The fourth-order valence-corrected chi connectivity index (χ4v) is 3.78. The third-order valence-electron chi connectivity index (χ3n) is 4.57. The summed E-state index contributed by atoms with van der Waals surface area (Å²) in [5.41, 5.74) is 2.20. The summed E-state index contributed by atoms with van der Waals surface area (Å²) in [7, 11) is 2.01. The second-order valence-electron chi connectivity index (χ2n) is 6.25. The highest BCUT2D eigenvalue weighted by molar-refractivity contribution is 7.18. The molecule has 0 spiro atoms. The third kappa shape index (κ3) is 3.18. The summed E-state index contributed by atoms with van der Waals surface area (Å²) in [4.78, 5) is 18.2. The molecule has 0 saturated heterocycles. The highest BCUT2D eigenvalue weighted by Gasteiger charge is 2.22. The van der Waals surface area contributed by atoms with E-state index in [0.29, 0.717) is 17.9 Å². The van der Waals surface area contributed by atoms with E-state index in [1.807, 2.05) is 38.2 Å². The van der Waals surface area contributed by atoms with Crippen molar-refractivity contribution < 1.29 is 4.90 Å². The van der Waals surface area contributed by atoms with Crippen molar-refractivity contribution in [2.24, 2.45) is 0 Å². The van der Waals surface area contributed by atoms with Gasteiger partial charge in [0.05, 0.1) is 23.0 Å². The number of benzene rings is 1. The van der Waals surface area contributed by atoms with Crippen molar-refractivity contribution in [2.45, 2.75) is 33.5 Å². The highest BCUT2D eigenvalue weighted by Crippen LogP contribution is 2.24. The number of nitriles is 1. The normalized spacial score (nSPS) is 13.6. The summed E-state index contributed by atoms with van der Waals surface area (Å²) < 4.78 is 2.55. The van der Waals surface area contributed by atoms with Crippen molar-refractivity contribution in [1.82, 2.24) is 14.8 Å². The molecule has 0 fully saturated rings. The molecule has 1 unspecified atom stereocenters.